The minimum absolute atomic E-state index is 1.97. The molecule has 0 nitrogen and oxygen atoms in total. The second-order valence-corrected chi connectivity index (χ2v) is 18.4. The van der Waals surface area contributed by atoms with Crippen molar-refractivity contribution in [3.8, 4) is 0 Å². The Balaban J connectivity index is 3.02. The van der Waals surface area contributed by atoms with Crippen LogP contribution >= 0.6 is 33.2 Å². The summed E-state index contributed by atoms with van der Waals surface area (Å²) >= 11 is 17.5. The van der Waals surface area contributed by atoms with Gasteiger partial charge in [-0.25, -0.2) is 0 Å². The van der Waals surface area contributed by atoms with E-state index in [9.17, 15) is 0 Å². The van der Waals surface area contributed by atoms with E-state index in [4.69, 9.17) is 33.2 Å². The van der Waals surface area contributed by atoms with Gasteiger partial charge in [0.2, 0.25) is 0 Å². The third-order valence-electron chi connectivity index (χ3n) is 0. The molecule has 36 valence electrons. The molecule has 0 aromatic heterocycles. The van der Waals surface area contributed by atoms with Crippen molar-refractivity contribution in [2.45, 2.75) is 0 Å². The molecular formula is AuCl3Si. The van der Waals surface area contributed by atoms with E-state index in [-0.39, 0.29) is 0 Å². The van der Waals surface area contributed by atoms with Crippen LogP contribution < -0.4 is 0 Å². The SMILES string of the molecule is Cl[Si](Cl)(Cl)[Au]. The molecule has 0 aliphatic heterocycles. The van der Waals surface area contributed by atoms with E-state index in [0.717, 1.165) is 0 Å². The fourth-order valence-electron chi connectivity index (χ4n) is 0. The van der Waals surface area contributed by atoms with Crippen LogP contribution in [-0.2, 0) is 20.3 Å². The van der Waals surface area contributed by atoms with Gasteiger partial charge in [-0.15, -0.1) is 0 Å². The van der Waals surface area contributed by atoms with Gasteiger partial charge in [0.05, 0.1) is 0 Å². The molecule has 0 fully saturated rings. The minimum atomic E-state index is -2.25. The summed E-state index contributed by atoms with van der Waals surface area (Å²) in [5, 5.41) is 0. The van der Waals surface area contributed by atoms with E-state index in [1.54, 1.807) is 0 Å². The summed E-state index contributed by atoms with van der Waals surface area (Å²) in [4.78, 5) is 0. The average molecular weight is 331 g/mol. The Morgan fingerprint density at radius 1 is 1.20 bits per heavy atom. The molecule has 0 heterocycles. The normalized spacial score (nSPS) is 12.2. The molecule has 0 aromatic carbocycles. The molecule has 0 atom stereocenters. The van der Waals surface area contributed by atoms with Crippen molar-refractivity contribution in [3.63, 3.8) is 0 Å². The van der Waals surface area contributed by atoms with E-state index in [2.05, 4.69) is 0 Å². The molecule has 0 radical (unpaired) electrons. The quantitative estimate of drug-likeness (QED) is 0.468. The Kier molecular flexibility index (Phi) is 3.03. The molecule has 0 aliphatic rings. The third kappa shape index (κ3) is 25.6. The Labute approximate surface area is 57.0 Å². The topological polar surface area (TPSA) is 0 Å². The van der Waals surface area contributed by atoms with Gasteiger partial charge >= 0.3 is 57.3 Å². The number of hydrogen-bond acceptors (Lipinski definition) is 0. The van der Waals surface area contributed by atoms with Gasteiger partial charge in [0, 0.05) is 0 Å². The molecule has 0 saturated heterocycles. The molecule has 0 saturated carbocycles. The summed E-state index contributed by atoms with van der Waals surface area (Å²) in [6.45, 7) is 0. The van der Waals surface area contributed by atoms with Gasteiger partial charge in [0.25, 0.3) is 0 Å². The van der Waals surface area contributed by atoms with Gasteiger partial charge in [-0.2, -0.15) is 0 Å². The van der Waals surface area contributed by atoms with E-state index >= 15 is 0 Å². The van der Waals surface area contributed by atoms with Crippen molar-refractivity contribution in [1.82, 2.24) is 0 Å². The molecule has 0 rings (SSSR count). The maximum absolute atomic E-state index is 5.18. The molecule has 0 bridgehead atoms. The molecule has 5 heavy (non-hydrogen) atoms. The Hall–Kier alpha value is 1.83. The van der Waals surface area contributed by atoms with E-state index in [1.807, 2.05) is 20.3 Å². The average Bonchev–Trinajstić information content (AvgIpc) is 0.722. The first-order valence-corrected chi connectivity index (χ1v) is 8.80. The van der Waals surface area contributed by atoms with Crippen LogP contribution in [0.3, 0.4) is 0 Å². The maximum atomic E-state index is 5.18. The molecule has 5 heteroatoms. The number of hydrogen-bond donors (Lipinski definition) is 0. The molecule has 0 N–H and O–H groups in total. The van der Waals surface area contributed by atoms with Gasteiger partial charge in [-0.1, -0.05) is 0 Å². The second-order valence-electron chi connectivity index (χ2n) is 0.385. The summed E-state index contributed by atoms with van der Waals surface area (Å²) in [6, 6.07) is 0. The molecular weight excluding hydrogens is 331 g/mol. The van der Waals surface area contributed by atoms with Crippen molar-refractivity contribution in [2.75, 3.05) is 0 Å². The monoisotopic (exact) mass is 330 g/mol. The number of halogens is 3. The van der Waals surface area contributed by atoms with Gasteiger partial charge < -0.3 is 0 Å². The van der Waals surface area contributed by atoms with Crippen LogP contribution in [-0.4, -0.2) is 3.76 Å². The third-order valence-corrected chi connectivity index (χ3v) is 0. The van der Waals surface area contributed by atoms with Crippen LogP contribution in [0.4, 0.5) is 0 Å². The van der Waals surface area contributed by atoms with Crippen LogP contribution in [0, 0.1) is 0 Å². The summed E-state index contributed by atoms with van der Waals surface area (Å²) in [5.74, 6) is 0. The predicted molar refractivity (Wildman–Crippen MR) is 23.3 cm³/mol. The molecule has 0 unspecified atom stereocenters. The first kappa shape index (κ1) is 6.83. The fraction of sp³-hybridized carbons (Fsp3) is 0. The second kappa shape index (κ2) is 2.22. The van der Waals surface area contributed by atoms with Crippen molar-refractivity contribution >= 4 is 37.0 Å². The van der Waals surface area contributed by atoms with E-state index < -0.39 is 3.76 Å². The van der Waals surface area contributed by atoms with Crippen molar-refractivity contribution in [2.24, 2.45) is 0 Å². The van der Waals surface area contributed by atoms with Crippen molar-refractivity contribution in [1.29, 1.82) is 0 Å². The first-order chi connectivity index (χ1) is 2.00. The molecule has 0 aliphatic carbocycles. The standard InChI is InChI=1S/Au.Cl3Si/c;1-4(2)3. The van der Waals surface area contributed by atoms with Crippen LogP contribution in [0.25, 0.3) is 0 Å². The molecule has 0 amide bonds. The Morgan fingerprint density at radius 2 is 1.20 bits per heavy atom. The van der Waals surface area contributed by atoms with Gasteiger partial charge in [0.15, 0.2) is 0 Å². The summed E-state index contributed by atoms with van der Waals surface area (Å²) in [7, 11) is 0. The van der Waals surface area contributed by atoms with Crippen LogP contribution in [0.5, 0.6) is 0 Å². The van der Waals surface area contributed by atoms with E-state index in [1.165, 1.54) is 0 Å². The van der Waals surface area contributed by atoms with Crippen LogP contribution in [0.1, 0.15) is 0 Å². The zero-order valence-corrected chi connectivity index (χ0v) is 7.37. The first-order valence-electron chi connectivity index (χ1n) is 0.718. The van der Waals surface area contributed by atoms with Crippen LogP contribution in [0.15, 0.2) is 0 Å². The molecule has 0 aromatic rings. The zero-order valence-electron chi connectivity index (χ0n) is 1.94. The van der Waals surface area contributed by atoms with Crippen molar-refractivity contribution in [3.05, 3.63) is 0 Å². The Bertz CT molecular complexity index is 22.4. The zero-order chi connectivity index (χ0) is 4.50. The fourth-order valence-corrected chi connectivity index (χ4v) is 0. The van der Waals surface area contributed by atoms with Gasteiger partial charge in [-0.05, 0) is 0 Å². The summed E-state index contributed by atoms with van der Waals surface area (Å²) in [6.07, 6.45) is 0. The van der Waals surface area contributed by atoms with E-state index in [0.29, 0.717) is 0 Å². The predicted octanol–water partition coefficient (Wildman–Crippen LogP) is 1.69. The molecule has 0 spiro atoms. The van der Waals surface area contributed by atoms with Gasteiger partial charge in [-0.3, -0.25) is 0 Å². The van der Waals surface area contributed by atoms with Crippen molar-refractivity contribution < 1.29 is 20.3 Å². The number of rotatable bonds is 0. The summed E-state index contributed by atoms with van der Waals surface area (Å²) < 4.78 is -2.25. The van der Waals surface area contributed by atoms with Gasteiger partial charge in [0.1, 0.15) is 0 Å². The van der Waals surface area contributed by atoms with Crippen LogP contribution in [0.2, 0.25) is 0 Å². The summed E-state index contributed by atoms with van der Waals surface area (Å²) in [5.41, 5.74) is 0. The Morgan fingerprint density at radius 3 is 1.20 bits per heavy atom.